The molecule has 1 aromatic carbocycles. The molecule has 1 atom stereocenters. The lowest BCUT2D eigenvalue weighted by Crippen LogP contribution is -2.24. The largest absolute Gasteiger partial charge is 0.481 e. The van der Waals surface area contributed by atoms with E-state index in [-0.39, 0.29) is 6.04 Å². The average Bonchev–Trinajstić information content (AvgIpc) is 2.51. The number of nitrogens with one attached hydrogen (secondary N) is 1. The Labute approximate surface area is 127 Å². The van der Waals surface area contributed by atoms with E-state index in [1.807, 2.05) is 6.07 Å². The fourth-order valence-electron chi connectivity index (χ4n) is 2.43. The van der Waals surface area contributed by atoms with E-state index < -0.39 is 0 Å². The highest BCUT2D eigenvalue weighted by atomic mass is 16.5. The molecule has 21 heavy (non-hydrogen) atoms. The molecule has 2 rings (SSSR count). The number of benzene rings is 1. The molecule has 1 unspecified atom stereocenters. The first kappa shape index (κ1) is 15.5. The minimum Gasteiger partial charge on any atom is -0.481 e. The van der Waals surface area contributed by atoms with Gasteiger partial charge in [0, 0.05) is 11.8 Å². The lowest BCUT2D eigenvalue weighted by molar-refractivity contribution is 0.387. The molecule has 1 N–H and O–H groups in total. The SMILES string of the molecule is CCCNC(c1ccc(C)c(C)c1)c1cccnc1OC. The number of methoxy groups -OCH3 is 1. The zero-order chi connectivity index (χ0) is 15.2. The Kier molecular flexibility index (Phi) is 5.34. The zero-order valence-electron chi connectivity index (χ0n) is 13.3. The fraction of sp³-hybridized carbons (Fsp3) is 0.389. The van der Waals surface area contributed by atoms with Gasteiger partial charge in [0.25, 0.3) is 0 Å². The van der Waals surface area contributed by atoms with Crippen LogP contribution in [0, 0.1) is 13.8 Å². The Morgan fingerprint density at radius 2 is 2.00 bits per heavy atom. The number of pyridine rings is 1. The standard InChI is InChI=1S/C18H24N2O/c1-5-10-19-17(15-9-8-13(2)14(3)12-15)16-7-6-11-20-18(16)21-4/h6-9,11-12,17,19H,5,10H2,1-4H3. The van der Waals surface area contributed by atoms with Gasteiger partial charge in [-0.05, 0) is 49.6 Å². The van der Waals surface area contributed by atoms with Gasteiger partial charge in [-0.25, -0.2) is 4.98 Å². The van der Waals surface area contributed by atoms with Crippen molar-refractivity contribution in [2.45, 2.75) is 33.2 Å². The van der Waals surface area contributed by atoms with Crippen LogP contribution in [-0.2, 0) is 0 Å². The van der Waals surface area contributed by atoms with Crippen LogP contribution in [0.4, 0.5) is 0 Å². The van der Waals surface area contributed by atoms with Crippen LogP contribution in [0.5, 0.6) is 5.88 Å². The van der Waals surface area contributed by atoms with Crippen molar-refractivity contribution in [3.63, 3.8) is 0 Å². The summed E-state index contributed by atoms with van der Waals surface area (Å²) in [6, 6.07) is 10.7. The molecule has 0 amide bonds. The lowest BCUT2D eigenvalue weighted by Gasteiger charge is -2.22. The Bertz CT molecular complexity index is 596. The minimum absolute atomic E-state index is 0.105. The first-order chi connectivity index (χ1) is 10.2. The van der Waals surface area contributed by atoms with Crippen LogP contribution in [0.25, 0.3) is 0 Å². The van der Waals surface area contributed by atoms with E-state index in [9.17, 15) is 0 Å². The van der Waals surface area contributed by atoms with E-state index in [0.29, 0.717) is 5.88 Å². The van der Waals surface area contributed by atoms with E-state index in [1.54, 1.807) is 13.3 Å². The number of ether oxygens (including phenoxy) is 1. The van der Waals surface area contributed by atoms with Gasteiger partial charge in [0.15, 0.2) is 0 Å². The maximum atomic E-state index is 5.43. The van der Waals surface area contributed by atoms with Crippen molar-refractivity contribution >= 4 is 0 Å². The minimum atomic E-state index is 0.105. The van der Waals surface area contributed by atoms with E-state index in [0.717, 1.165) is 18.5 Å². The Morgan fingerprint density at radius 1 is 1.19 bits per heavy atom. The molecule has 0 aliphatic rings. The summed E-state index contributed by atoms with van der Waals surface area (Å²) in [4.78, 5) is 4.33. The molecule has 112 valence electrons. The summed E-state index contributed by atoms with van der Waals surface area (Å²) in [5.74, 6) is 0.685. The molecule has 3 nitrogen and oxygen atoms in total. The third kappa shape index (κ3) is 3.61. The molecule has 0 aliphatic heterocycles. The number of hydrogen-bond acceptors (Lipinski definition) is 3. The van der Waals surface area contributed by atoms with Crippen LogP contribution in [0.1, 0.15) is 41.6 Å². The fourth-order valence-corrected chi connectivity index (χ4v) is 2.43. The second-order valence-electron chi connectivity index (χ2n) is 5.33. The van der Waals surface area contributed by atoms with Gasteiger partial charge < -0.3 is 10.1 Å². The number of hydrogen-bond donors (Lipinski definition) is 1. The van der Waals surface area contributed by atoms with Gasteiger partial charge in [-0.2, -0.15) is 0 Å². The molecule has 0 bridgehead atoms. The van der Waals surface area contributed by atoms with Crippen molar-refractivity contribution < 1.29 is 4.74 Å². The first-order valence-electron chi connectivity index (χ1n) is 7.46. The Morgan fingerprint density at radius 3 is 2.67 bits per heavy atom. The third-order valence-electron chi connectivity index (χ3n) is 3.77. The second kappa shape index (κ2) is 7.23. The number of rotatable bonds is 6. The van der Waals surface area contributed by atoms with Gasteiger partial charge >= 0.3 is 0 Å². The van der Waals surface area contributed by atoms with Crippen LogP contribution in [0.2, 0.25) is 0 Å². The smallest absolute Gasteiger partial charge is 0.218 e. The predicted octanol–water partition coefficient (Wildman–Crippen LogP) is 3.80. The van der Waals surface area contributed by atoms with Crippen LogP contribution < -0.4 is 10.1 Å². The summed E-state index contributed by atoms with van der Waals surface area (Å²) < 4.78 is 5.43. The lowest BCUT2D eigenvalue weighted by atomic mass is 9.96. The monoisotopic (exact) mass is 284 g/mol. The topological polar surface area (TPSA) is 34.2 Å². The Hall–Kier alpha value is -1.87. The second-order valence-corrected chi connectivity index (χ2v) is 5.33. The molecule has 0 aliphatic carbocycles. The van der Waals surface area contributed by atoms with Crippen molar-refractivity contribution in [1.29, 1.82) is 0 Å². The van der Waals surface area contributed by atoms with Crippen molar-refractivity contribution in [2.75, 3.05) is 13.7 Å². The molecule has 0 saturated carbocycles. The van der Waals surface area contributed by atoms with E-state index in [2.05, 4.69) is 55.3 Å². The van der Waals surface area contributed by atoms with Gasteiger partial charge in [0.2, 0.25) is 5.88 Å². The highest BCUT2D eigenvalue weighted by molar-refractivity contribution is 5.40. The first-order valence-corrected chi connectivity index (χ1v) is 7.46. The summed E-state index contributed by atoms with van der Waals surface area (Å²) >= 11 is 0. The molecule has 0 fully saturated rings. The molecule has 2 aromatic rings. The predicted molar refractivity (Wildman–Crippen MR) is 86.8 cm³/mol. The van der Waals surface area contributed by atoms with E-state index >= 15 is 0 Å². The van der Waals surface area contributed by atoms with Crippen molar-refractivity contribution in [3.8, 4) is 5.88 Å². The van der Waals surface area contributed by atoms with E-state index in [4.69, 9.17) is 4.74 Å². The van der Waals surface area contributed by atoms with E-state index in [1.165, 1.54) is 16.7 Å². The van der Waals surface area contributed by atoms with Crippen LogP contribution in [-0.4, -0.2) is 18.6 Å². The summed E-state index contributed by atoms with van der Waals surface area (Å²) in [5, 5.41) is 3.60. The maximum absolute atomic E-state index is 5.43. The summed E-state index contributed by atoms with van der Waals surface area (Å²) in [7, 11) is 1.67. The van der Waals surface area contributed by atoms with Crippen molar-refractivity contribution in [1.82, 2.24) is 10.3 Å². The number of aromatic nitrogens is 1. The molecule has 3 heteroatoms. The molecular formula is C18H24N2O. The van der Waals surface area contributed by atoms with Gasteiger partial charge in [0.1, 0.15) is 0 Å². The molecule has 1 aromatic heterocycles. The third-order valence-corrected chi connectivity index (χ3v) is 3.77. The molecular weight excluding hydrogens is 260 g/mol. The van der Waals surface area contributed by atoms with Gasteiger partial charge in [-0.3, -0.25) is 0 Å². The summed E-state index contributed by atoms with van der Waals surface area (Å²) in [6.45, 7) is 7.41. The molecule has 1 heterocycles. The molecule has 0 saturated heterocycles. The highest BCUT2D eigenvalue weighted by Gasteiger charge is 2.18. The van der Waals surface area contributed by atoms with Gasteiger partial charge in [0.05, 0.1) is 13.2 Å². The van der Waals surface area contributed by atoms with Gasteiger partial charge in [-0.1, -0.05) is 31.2 Å². The Balaban J connectivity index is 2.44. The quantitative estimate of drug-likeness (QED) is 0.876. The molecule has 0 radical (unpaired) electrons. The zero-order valence-corrected chi connectivity index (χ0v) is 13.3. The summed E-state index contributed by atoms with van der Waals surface area (Å²) in [6.07, 6.45) is 2.85. The normalized spacial score (nSPS) is 12.2. The van der Waals surface area contributed by atoms with Crippen LogP contribution >= 0.6 is 0 Å². The average molecular weight is 284 g/mol. The number of nitrogens with zero attached hydrogens (tertiary/aromatic N) is 1. The maximum Gasteiger partial charge on any atom is 0.218 e. The summed E-state index contributed by atoms with van der Waals surface area (Å²) in [5.41, 5.74) is 4.94. The van der Waals surface area contributed by atoms with Crippen LogP contribution in [0.15, 0.2) is 36.5 Å². The van der Waals surface area contributed by atoms with Crippen LogP contribution in [0.3, 0.4) is 0 Å². The highest BCUT2D eigenvalue weighted by Crippen LogP contribution is 2.29. The number of aryl methyl sites for hydroxylation is 2. The molecule has 0 spiro atoms. The van der Waals surface area contributed by atoms with Gasteiger partial charge in [-0.15, -0.1) is 0 Å². The van der Waals surface area contributed by atoms with Crippen molar-refractivity contribution in [2.24, 2.45) is 0 Å². The van der Waals surface area contributed by atoms with Crippen molar-refractivity contribution in [3.05, 3.63) is 58.8 Å².